The Morgan fingerprint density at radius 3 is 1.93 bits per heavy atom. The molecule has 0 unspecified atom stereocenters. The minimum atomic E-state index is -0.213. The second-order valence-electron chi connectivity index (χ2n) is 7.56. The molecule has 0 N–H and O–H groups in total. The van der Waals surface area contributed by atoms with Crippen LogP contribution in [0.4, 0.5) is 4.39 Å². The van der Waals surface area contributed by atoms with E-state index in [2.05, 4.69) is 78.9 Å². The first-order valence-corrected chi connectivity index (χ1v) is 9.81. The van der Waals surface area contributed by atoms with Crippen molar-refractivity contribution in [3.63, 3.8) is 0 Å². The lowest BCUT2D eigenvalue weighted by molar-refractivity contribution is 0.628. The normalized spacial score (nSPS) is 11.6. The fraction of sp³-hybridized carbons (Fsp3) is 0. The van der Waals surface area contributed by atoms with Gasteiger partial charge in [-0.05, 0) is 84.5 Å². The molecule has 0 aliphatic heterocycles. The quantitative estimate of drug-likeness (QED) is 0.202. The summed E-state index contributed by atoms with van der Waals surface area (Å²) in [7, 11) is 0. The predicted octanol–water partition coefficient (Wildman–Crippen LogP) is 8.11. The van der Waals surface area contributed by atoms with Crippen molar-refractivity contribution in [3.8, 4) is 11.1 Å². The molecule has 0 fully saturated rings. The molecule has 0 nitrogen and oxygen atoms in total. The lowest BCUT2D eigenvalue weighted by Gasteiger charge is -2.14. The Balaban J connectivity index is 1.85. The molecule has 0 aromatic heterocycles. The van der Waals surface area contributed by atoms with Crippen molar-refractivity contribution in [3.05, 3.63) is 109 Å². The van der Waals surface area contributed by atoms with Gasteiger partial charge in [0.25, 0.3) is 0 Å². The summed E-state index contributed by atoms with van der Waals surface area (Å²) in [6.07, 6.45) is 0. The highest BCUT2D eigenvalue weighted by molar-refractivity contribution is 6.24. The van der Waals surface area contributed by atoms with Gasteiger partial charge >= 0.3 is 0 Å². The van der Waals surface area contributed by atoms with Gasteiger partial charge in [0.15, 0.2) is 0 Å². The number of fused-ring (bicyclic) bond motifs is 6. The number of hydrogen-bond donors (Lipinski definition) is 0. The summed E-state index contributed by atoms with van der Waals surface area (Å²) < 4.78 is 13.6. The second-order valence-corrected chi connectivity index (χ2v) is 7.56. The molecule has 0 saturated heterocycles. The zero-order valence-electron chi connectivity index (χ0n) is 15.7. The summed E-state index contributed by atoms with van der Waals surface area (Å²) >= 11 is 0. The van der Waals surface area contributed by atoms with Gasteiger partial charge in [0.05, 0.1) is 0 Å². The lowest BCUT2D eigenvalue weighted by atomic mass is 9.89. The van der Waals surface area contributed by atoms with Gasteiger partial charge in [-0.3, -0.25) is 0 Å². The molecule has 1 heteroatoms. The standard InChI is InChI=1S/C28H17F/c29-23-12-9-19(10-13-23)27-17-22-15-20-6-1-2-7-21(20)16-26(22)25-14-11-18-5-3-4-8-24(18)28(25)27/h1-17H. The average molecular weight is 372 g/mol. The van der Waals surface area contributed by atoms with Crippen LogP contribution in [-0.2, 0) is 0 Å². The Labute approximate surface area is 167 Å². The van der Waals surface area contributed by atoms with E-state index >= 15 is 0 Å². The number of hydrogen-bond acceptors (Lipinski definition) is 0. The first-order valence-electron chi connectivity index (χ1n) is 9.81. The molecule has 0 bridgehead atoms. The largest absolute Gasteiger partial charge is 0.207 e. The molecule has 0 amide bonds. The summed E-state index contributed by atoms with van der Waals surface area (Å²) in [5.74, 6) is -0.213. The Bertz CT molecular complexity index is 1540. The first-order chi connectivity index (χ1) is 14.3. The van der Waals surface area contributed by atoms with Crippen LogP contribution in [0.25, 0.3) is 54.2 Å². The topological polar surface area (TPSA) is 0 Å². The first kappa shape index (κ1) is 16.3. The maximum Gasteiger partial charge on any atom is 0.123 e. The van der Waals surface area contributed by atoms with Gasteiger partial charge in [-0.2, -0.15) is 0 Å². The molecule has 6 rings (SSSR count). The number of rotatable bonds is 1. The Kier molecular flexibility index (Phi) is 3.45. The monoisotopic (exact) mass is 372 g/mol. The molecule has 0 atom stereocenters. The Morgan fingerprint density at radius 2 is 1.14 bits per heavy atom. The molecule has 6 aromatic carbocycles. The third kappa shape index (κ3) is 2.51. The fourth-order valence-electron chi connectivity index (χ4n) is 4.48. The van der Waals surface area contributed by atoms with Crippen LogP contribution in [-0.4, -0.2) is 0 Å². The summed E-state index contributed by atoms with van der Waals surface area (Å²) in [5, 5.41) is 9.79. The van der Waals surface area contributed by atoms with Gasteiger partial charge in [0, 0.05) is 0 Å². The minimum absolute atomic E-state index is 0.213. The Morgan fingerprint density at radius 1 is 0.448 bits per heavy atom. The molecule has 0 aliphatic carbocycles. The minimum Gasteiger partial charge on any atom is -0.207 e. The molecule has 0 heterocycles. The van der Waals surface area contributed by atoms with Crippen molar-refractivity contribution in [2.75, 3.05) is 0 Å². The van der Waals surface area contributed by atoms with Crippen molar-refractivity contribution in [1.82, 2.24) is 0 Å². The van der Waals surface area contributed by atoms with Crippen LogP contribution in [0, 0.1) is 5.82 Å². The maximum absolute atomic E-state index is 13.6. The third-order valence-corrected chi connectivity index (χ3v) is 5.86. The number of benzene rings is 6. The van der Waals surface area contributed by atoms with Crippen LogP contribution in [0.5, 0.6) is 0 Å². The van der Waals surface area contributed by atoms with E-state index in [0.717, 1.165) is 11.1 Å². The summed E-state index contributed by atoms with van der Waals surface area (Å²) in [5.41, 5.74) is 2.17. The highest BCUT2D eigenvalue weighted by Crippen LogP contribution is 2.40. The van der Waals surface area contributed by atoms with Crippen molar-refractivity contribution in [1.29, 1.82) is 0 Å². The van der Waals surface area contributed by atoms with Gasteiger partial charge in [0.1, 0.15) is 5.82 Å². The van der Waals surface area contributed by atoms with Crippen LogP contribution in [0.1, 0.15) is 0 Å². The third-order valence-electron chi connectivity index (χ3n) is 5.86. The van der Waals surface area contributed by atoms with E-state index in [1.165, 1.54) is 55.2 Å². The summed E-state index contributed by atoms with van der Waals surface area (Å²) in [6, 6.07) is 35.0. The van der Waals surface area contributed by atoms with Crippen LogP contribution >= 0.6 is 0 Å². The lowest BCUT2D eigenvalue weighted by Crippen LogP contribution is -1.88. The van der Waals surface area contributed by atoms with E-state index < -0.39 is 0 Å². The van der Waals surface area contributed by atoms with Gasteiger partial charge in [0.2, 0.25) is 0 Å². The molecule has 0 radical (unpaired) electrons. The van der Waals surface area contributed by atoms with Gasteiger partial charge < -0.3 is 0 Å². The molecular formula is C28H17F. The molecule has 29 heavy (non-hydrogen) atoms. The van der Waals surface area contributed by atoms with Gasteiger partial charge in [-0.15, -0.1) is 0 Å². The van der Waals surface area contributed by atoms with Gasteiger partial charge in [-0.1, -0.05) is 72.8 Å². The molecule has 136 valence electrons. The highest BCUT2D eigenvalue weighted by Gasteiger charge is 2.12. The van der Waals surface area contributed by atoms with E-state index in [9.17, 15) is 4.39 Å². The van der Waals surface area contributed by atoms with E-state index in [4.69, 9.17) is 0 Å². The van der Waals surface area contributed by atoms with E-state index in [1.54, 1.807) is 0 Å². The SMILES string of the molecule is Fc1ccc(-c2cc3cc4ccccc4cc3c3ccc4ccccc4c23)cc1. The smallest absolute Gasteiger partial charge is 0.123 e. The highest BCUT2D eigenvalue weighted by atomic mass is 19.1. The average Bonchev–Trinajstić information content (AvgIpc) is 2.77. The molecule has 0 saturated carbocycles. The zero-order chi connectivity index (χ0) is 19.4. The molecule has 0 spiro atoms. The molecule has 0 aliphatic rings. The van der Waals surface area contributed by atoms with E-state index in [1.807, 2.05) is 12.1 Å². The van der Waals surface area contributed by atoms with Crippen molar-refractivity contribution >= 4 is 43.1 Å². The fourth-order valence-corrected chi connectivity index (χ4v) is 4.48. The Hall–Kier alpha value is -3.71. The van der Waals surface area contributed by atoms with Crippen LogP contribution < -0.4 is 0 Å². The van der Waals surface area contributed by atoms with Crippen molar-refractivity contribution < 1.29 is 4.39 Å². The second kappa shape index (κ2) is 6.15. The molecule has 6 aromatic rings. The van der Waals surface area contributed by atoms with E-state index in [-0.39, 0.29) is 5.82 Å². The number of halogens is 1. The maximum atomic E-state index is 13.6. The van der Waals surface area contributed by atoms with Crippen molar-refractivity contribution in [2.45, 2.75) is 0 Å². The predicted molar refractivity (Wildman–Crippen MR) is 122 cm³/mol. The van der Waals surface area contributed by atoms with Crippen LogP contribution in [0.15, 0.2) is 103 Å². The summed E-state index contributed by atoms with van der Waals surface area (Å²) in [6.45, 7) is 0. The van der Waals surface area contributed by atoms with Crippen LogP contribution in [0.2, 0.25) is 0 Å². The molecular weight excluding hydrogens is 355 g/mol. The van der Waals surface area contributed by atoms with Crippen LogP contribution in [0.3, 0.4) is 0 Å². The zero-order valence-corrected chi connectivity index (χ0v) is 15.7. The van der Waals surface area contributed by atoms with Gasteiger partial charge in [-0.25, -0.2) is 4.39 Å². The van der Waals surface area contributed by atoms with E-state index in [0.29, 0.717) is 0 Å². The summed E-state index contributed by atoms with van der Waals surface area (Å²) in [4.78, 5) is 0. The van der Waals surface area contributed by atoms with Crippen molar-refractivity contribution in [2.24, 2.45) is 0 Å².